The zero-order valence-electron chi connectivity index (χ0n) is 6.95. The summed E-state index contributed by atoms with van der Waals surface area (Å²) in [4.78, 5) is 0. The number of rotatable bonds is 0. The number of allylic oxidation sites excluding steroid dienone is 1. The number of hydrogen-bond donors (Lipinski definition) is 0. The van der Waals surface area contributed by atoms with Crippen molar-refractivity contribution < 1.29 is 0 Å². The highest BCUT2D eigenvalue weighted by atomic mass is 32.0. The van der Waals surface area contributed by atoms with E-state index in [1.165, 1.54) is 43.6 Å². The van der Waals surface area contributed by atoms with Crippen LogP contribution in [-0.4, -0.2) is 6.16 Å². The molecule has 0 aromatic rings. The van der Waals surface area contributed by atoms with Gasteiger partial charge in [0.25, 0.3) is 0 Å². The van der Waals surface area contributed by atoms with Crippen molar-refractivity contribution >= 4 is 16.5 Å². The van der Waals surface area contributed by atoms with E-state index in [4.69, 9.17) is 0 Å². The highest BCUT2D eigenvalue weighted by Crippen LogP contribution is 2.46. The third-order valence-electron chi connectivity index (χ3n) is 1.93. The Morgan fingerprint density at radius 1 is 1.18 bits per heavy atom. The maximum absolute atomic E-state index is 3.74. The third-order valence-corrected chi connectivity index (χ3v) is 5.63. The quantitative estimate of drug-likeness (QED) is 0.397. The van der Waals surface area contributed by atoms with E-state index >= 15 is 0 Å². The van der Waals surface area contributed by atoms with E-state index in [2.05, 4.69) is 12.3 Å². The SMILES string of the molecule is C=C=C1CCCCCCPP1. The summed E-state index contributed by atoms with van der Waals surface area (Å²) < 4.78 is 0. The molecule has 2 atom stereocenters. The van der Waals surface area contributed by atoms with E-state index < -0.39 is 0 Å². The standard InChI is InChI=1S/C9H16P2/c1-2-9-7-5-3-4-6-8-10-11-9/h10-11H,1,3-8H2. The van der Waals surface area contributed by atoms with Gasteiger partial charge in [-0.25, -0.2) is 0 Å². The van der Waals surface area contributed by atoms with E-state index in [1.807, 2.05) is 0 Å². The largest absolute Gasteiger partial charge is 0.125 e. The molecule has 1 rings (SSSR count). The summed E-state index contributed by atoms with van der Waals surface area (Å²) in [5, 5.41) is 1.50. The van der Waals surface area contributed by atoms with Crippen LogP contribution in [0.5, 0.6) is 0 Å². The Bertz CT molecular complexity index is 145. The second-order valence-electron chi connectivity index (χ2n) is 2.87. The minimum absolute atomic E-state index is 1.05. The van der Waals surface area contributed by atoms with Gasteiger partial charge in [-0.1, -0.05) is 36.0 Å². The van der Waals surface area contributed by atoms with Crippen LogP contribution in [0.1, 0.15) is 32.1 Å². The fourth-order valence-electron chi connectivity index (χ4n) is 1.23. The Morgan fingerprint density at radius 2 is 2.00 bits per heavy atom. The molecule has 1 saturated heterocycles. The lowest BCUT2D eigenvalue weighted by molar-refractivity contribution is 0.677. The molecule has 0 N–H and O–H groups in total. The van der Waals surface area contributed by atoms with E-state index in [0.29, 0.717) is 0 Å². The van der Waals surface area contributed by atoms with Gasteiger partial charge < -0.3 is 0 Å². The second-order valence-corrected chi connectivity index (χ2v) is 6.39. The molecule has 1 heterocycles. The van der Waals surface area contributed by atoms with Gasteiger partial charge in [0.05, 0.1) is 0 Å². The first-order chi connectivity index (χ1) is 5.43. The van der Waals surface area contributed by atoms with Gasteiger partial charge in [0.1, 0.15) is 0 Å². The van der Waals surface area contributed by atoms with Crippen LogP contribution in [0, 0.1) is 0 Å². The van der Waals surface area contributed by atoms with Crippen LogP contribution in [0.25, 0.3) is 0 Å². The molecule has 2 heteroatoms. The summed E-state index contributed by atoms with van der Waals surface area (Å²) in [5.74, 6) is 0. The molecule has 1 aliphatic rings. The lowest BCUT2D eigenvalue weighted by Gasteiger charge is -2.00. The van der Waals surface area contributed by atoms with Crippen LogP contribution >= 0.6 is 16.5 Å². The smallest absolute Gasteiger partial charge is 0.00433 e. The van der Waals surface area contributed by atoms with Crippen molar-refractivity contribution in [1.82, 2.24) is 0 Å². The van der Waals surface area contributed by atoms with Gasteiger partial charge in [0.15, 0.2) is 0 Å². The third kappa shape index (κ3) is 4.07. The average Bonchev–Trinajstić information content (AvgIpc) is 2.16. The lowest BCUT2D eigenvalue weighted by Crippen LogP contribution is -1.77. The van der Waals surface area contributed by atoms with Gasteiger partial charge in [-0.15, -0.1) is 5.73 Å². The molecule has 0 aromatic heterocycles. The molecule has 0 aromatic carbocycles. The molecular formula is C9H16P2. The van der Waals surface area contributed by atoms with Crippen LogP contribution in [0.2, 0.25) is 0 Å². The summed E-state index contributed by atoms with van der Waals surface area (Å²) >= 11 is 0. The molecule has 1 fully saturated rings. The fourth-order valence-corrected chi connectivity index (χ4v) is 4.57. The first kappa shape index (κ1) is 9.47. The zero-order valence-corrected chi connectivity index (χ0v) is 8.95. The van der Waals surface area contributed by atoms with Crippen LogP contribution in [0.3, 0.4) is 0 Å². The Hall–Kier alpha value is 0.380. The predicted octanol–water partition coefficient (Wildman–Crippen LogP) is 3.89. The Morgan fingerprint density at radius 3 is 2.82 bits per heavy atom. The first-order valence-corrected chi connectivity index (χ1v) is 7.52. The van der Waals surface area contributed by atoms with Crippen molar-refractivity contribution in [3.05, 3.63) is 17.6 Å². The monoisotopic (exact) mass is 186 g/mol. The summed E-state index contributed by atoms with van der Waals surface area (Å²) in [6.07, 6.45) is 8.41. The zero-order chi connectivity index (χ0) is 7.94. The van der Waals surface area contributed by atoms with E-state index in [1.54, 1.807) is 0 Å². The minimum Gasteiger partial charge on any atom is -0.125 e. The fraction of sp³-hybridized carbons (Fsp3) is 0.667. The van der Waals surface area contributed by atoms with E-state index in [-0.39, 0.29) is 0 Å². The van der Waals surface area contributed by atoms with Crippen molar-refractivity contribution in [2.24, 2.45) is 0 Å². The first-order valence-electron chi connectivity index (χ1n) is 4.31. The molecule has 0 saturated carbocycles. The topological polar surface area (TPSA) is 0 Å². The van der Waals surface area contributed by atoms with Gasteiger partial charge in [-0.05, 0) is 30.7 Å². The number of hydrogen-bond acceptors (Lipinski definition) is 0. The van der Waals surface area contributed by atoms with E-state index in [9.17, 15) is 0 Å². The Labute approximate surface area is 73.0 Å². The summed E-state index contributed by atoms with van der Waals surface area (Å²) in [5.41, 5.74) is 3.09. The van der Waals surface area contributed by atoms with Crippen LogP contribution < -0.4 is 0 Å². The molecule has 0 bridgehead atoms. The van der Waals surface area contributed by atoms with Gasteiger partial charge in [-0.2, -0.15) is 0 Å². The Balaban J connectivity index is 2.37. The van der Waals surface area contributed by atoms with Crippen LogP contribution in [-0.2, 0) is 0 Å². The molecule has 11 heavy (non-hydrogen) atoms. The predicted molar refractivity (Wildman–Crippen MR) is 57.2 cm³/mol. The molecule has 62 valence electrons. The van der Waals surface area contributed by atoms with Gasteiger partial charge in [0.2, 0.25) is 0 Å². The van der Waals surface area contributed by atoms with E-state index in [0.717, 1.165) is 16.5 Å². The molecule has 0 aliphatic carbocycles. The normalized spacial score (nSPS) is 25.6. The summed E-state index contributed by atoms with van der Waals surface area (Å²) in [7, 11) is 2.21. The van der Waals surface area contributed by atoms with Crippen molar-refractivity contribution in [1.29, 1.82) is 0 Å². The average molecular weight is 186 g/mol. The maximum Gasteiger partial charge on any atom is -0.00433 e. The molecule has 1 aliphatic heterocycles. The molecule has 2 unspecified atom stereocenters. The van der Waals surface area contributed by atoms with Crippen molar-refractivity contribution in [3.63, 3.8) is 0 Å². The van der Waals surface area contributed by atoms with Gasteiger partial charge in [-0.3, -0.25) is 0 Å². The highest BCUT2D eigenvalue weighted by Gasteiger charge is 2.00. The molecule has 0 spiro atoms. The van der Waals surface area contributed by atoms with Gasteiger partial charge >= 0.3 is 0 Å². The summed E-state index contributed by atoms with van der Waals surface area (Å²) in [6.45, 7) is 3.74. The van der Waals surface area contributed by atoms with Gasteiger partial charge in [0, 0.05) is 0 Å². The molecular weight excluding hydrogens is 170 g/mol. The highest BCUT2D eigenvalue weighted by molar-refractivity contribution is 8.13. The van der Waals surface area contributed by atoms with Crippen LogP contribution in [0.15, 0.2) is 17.6 Å². The lowest BCUT2D eigenvalue weighted by atomic mass is 10.1. The summed E-state index contributed by atoms with van der Waals surface area (Å²) in [6, 6.07) is 0. The van der Waals surface area contributed by atoms with Crippen molar-refractivity contribution in [3.8, 4) is 0 Å². The minimum atomic E-state index is 1.05. The van der Waals surface area contributed by atoms with Crippen molar-refractivity contribution in [2.45, 2.75) is 32.1 Å². The Kier molecular flexibility index (Phi) is 5.13. The van der Waals surface area contributed by atoms with Crippen LogP contribution in [0.4, 0.5) is 0 Å². The molecule has 0 radical (unpaired) electrons. The second kappa shape index (κ2) is 5.96. The maximum atomic E-state index is 3.74. The van der Waals surface area contributed by atoms with Crippen molar-refractivity contribution in [2.75, 3.05) is 6.16 Å². The molecule has 0 amide bonds. The molecule has 0 nitrogen and oxygen atoms in total.